The first kappa shape index (κ1) is 19.1. The summed E-state index contributed by atoms with van der Waals surface area (Å²) < 4.78 is 1.94. The van der Waals surface area contributed by atoms with E-state index in [0.717, 1.165) is 44.0 Å². The minimum Gasteiger partial charge on any atom is -0.336 e. The van der Waals surface area contributed by atoms with E-state index >= 15 is 0 Å². The first-order valence-electron chi connectivity index (χ1n) is 10.2. The topological polar surface area (TPSA) is 67.2 Å². The molecule has 0 N–H and O–H groups in total. The Bertz CT molecular complexity index is 845. The van der Waals surface area contributed by atoms with Gasteiger partial charge in [0.05, 0.1) is 30.3 Å². The van der Waals surface area contributed by atoms with Crippen molar-refractivity contribution in [3.05, 3.63) is 41.2 Å². The number of likely N-dealkylation sites (tertiary alicyclic amines) is 2. The fourth-order valence-electron chi connectivity index (χ4n) is 4.66. The number of nitrogens with zero attached hydrogens (tertiary/aromatic N) is 6. The van der Waals surface area contributed by atoms with Crippen LogP contribution in [0, 0.1) is 19.3 Å². The van der Waals surface area contributed by atoms with Gasteiger partial charge >= 0.3 is 0 Å². The van der Waals surface area contributed by atoms with Crippen molar-refractivity contribution >= 4 is 5.91 Å². The molecule has 1 atom stereocenters. The van der Waals surface area contributed by atoms with Crippen LogP contribution in [-0.4, -0.2) is 55.1 Å². The van der Waals surface area contributed by atoms with Crippen molar-refractivity contribution < 1.29 is 4.79 Å². The van der Waals surface area contributed by atoms with Crippen LogP contribution in [0.5, 0.6) is 0 Å². The molecule has 0 radical (unpaired) electrons. The molecule has 150 valence electrons. The first-order valence-corrected chi connectivity index (χ1v) is 10.2. The van der Waals surface area contributed by atoms with Gasteiger partial charge in [0.15, 0.2) is 0 Å². The maximum absolute atomic E-state index is 12.6. The van der Waals surface area contributed by atoms with Gasteiger partial charge in [-0.25, -0.2) is 0 Å². The Hall–Kier alpha value is -2.28. The van der Waals surface area contributed by atoms with Crippen molar-refractivity contribution in [2.75, 3.05) is 19.6 Å². The zero-order chi connectivity index (χ0) is 19.7. The van der Waals surface area contributed by atoms with Gasteiger partial charge in [-0.15, -0.1) is 0 Å². The summed E-state index contributed by atoms with van der Waals surface area (Å²) in [5.41, 5.74) is 4.50. The number of amides is 1. The molecule has 0 bridgehead atoms. The molecule has 0 saturated carbocycles. The summed E-state index contributed by atoms with van der Waals surface area (Å²) in [6.07, 6.45) is 9.57. The Kier molecular flexibility index (Phi) is 5.19. The van der Waals surface area contributed by atoms with Crippen molar-refractivity contribution in [2.45, 2.75) is 52.6 Å². The van der Waals surface area contributed by atoms with E-state index in [-0.39, 0.29) is 11.3 Å². The van der Waals surface area contributed by atoms with Crippen molar-refractivity contribution in [3.8, 4) is 0 Å². The van der Waals surface area contributed by atoms with Crippen LogP contribution >= 0.6 is 0 Å². The standard InChI is InChI=1S/C21H30N6O/c1-16-9-23-19(11-22-16)13-27-15-21(7-5-20(27)28)6-4-8-26(14-21)12-18-10-24-25(3)17(18)2/h9-11H,4-8,12-15H2,1-3H3. The van der Waals surface area contributed by atoms with Gasteiger partial charge in [-0.05, 0) is 39.7 Å². The molecule has 7 heteroatoms. The molecule has 1 amide bonds. The highest BCUT2D eigenvalue weighted by Gasteiger charge is 2.41. The Labute approximate surface area is 166 Å². The molecule has 1 unspecified atom stereocenters. The Morgan fingerprint density at radius 1 is 1.07 bits per heavy atom. The average Bonchev–Trinajstić information content (AvgIpc) is 2.99. The van der Waals surface area contributed by atoms with Gasteiger partial charge in [-0.1, -0.05) is 0 Å². The van der Waals surface area contributed by atoms with Crippen molar-refractivity contribution in [1.82, 2.24) is 29.5 Å². The van der Waals surface area contributed by atoms with Crippen LogP contribution in [0.4, 0.5) is 0 Å². The number of hydrogen-bond acceptors (Lipinski definition) is 5. The lowest BCUT2D eigenvalue weighted by Gasteiger charge is -2.48. The lowest BCUT2D eigenvalue weighted by atomic mass is 9.73. The second-order valence-corrected chi connectivity index (χ2v) is 8.59. The zero-order valence-corrected chi connectivity index (χ0v) is 17.2. The summed E-state index contributed by atoms with van der Waals surface area (Å²) in [4.78, 5) is 25.9. The smallest absolute Gasteiger partial charge is 0.222 e. The third-order valence-electron chi connectivity index (χ3n) is 6.41. The highest BCUT2D eigenvalue weighted by Crippen LogP contribution is 2.39. The van der Waals surface area contributed by atoms with Crippen LogP contribution < -0.4 is 0 Å². The van der Waals surface area contributed by atoms with Gasteiger partial charge in [0.2, 0.25) is 5.91 Å². The second kappa shape index (κ2) is 7.62. The van der Waals surface area contributed by atoms with Crippen LogP contribution in [0.25, 0.3) is 0 Å². The summed E-state index contributed by atoms with van der Waals surface area (Å²) in [6.45, 7) is 8.56. The first-order chi connectivity index (χ1) is 13.4. The molecule has 28 heavy (non-hydrogen) atoms. The summed E-state index contributed by atoms with van der Waals surface area (Å²) in [5, 5.41) is 4.38. The van der Waals surface area contributed by atoms with Crippen molar-refractivity contribution in [2.24, 2.45) is 12.5 Å². The summed E-state index contributed by atoms with van der Waals surface area (Å²) in [6, 6.07) is 0. The average molecular weight is 383 g/mol. The van der Waals surface area contributed by atoms with E-state index in [4.69, 9.17) is 0 Å². The number of carbonyl (C=O) groups is 1. The lowest BCUT2D eigenvalue weighted by molar-refractivity contribution is -0.140. The summed E-state index contributed by atoms with van der Waals surface area (Å²) in [7, 11) is 2.00. The van der Waals surface area contributed by atoms with Gasteiger partial charge in [0.1, 0.15) is 0 Å². The number of aromatic nitrogens is 4. The van der Waals surface area contributed by atoms with E-state index < -0.39 is 0 Å². The number of aryl methyl sites for hydroxylation is 2. The molecule has 0 aromatic carbocycles. The largest absolute Gasteiger partial charge is 0.336 e. The van der Waals surface area contributed by atoms with Crippen LogP contribution in [0.2, 0.25) is 0 Å². The quantitative estimate of drug-likeness (QED) is 0.811. The van der Waals surface area contributed by atoms with Crippen molar-refractivity contribution in [3.63, 3.8) is 0 Å². The molecule has 2 saturated heterocycles. The van der Waals surface area contributed by atoms with E-state index in [1.807, 2.05) is 29.7 Å². The summed E-state index contributed by atoms with van der Waals surface area (Å²) in [5.74, 6) is 0.244. The van der Waals surface area contributed by atoms with Gasteiger partial charge < -0.3 is 4.90 Å². The molecule has 0 aliphatic carbocycles. The fourth-order valence-corrected chi connectivity index (χ4v) is 4.66. The maximum Gasteiger partial charge on any atom is 0.222 e. The molecular weight excluding hydrogens is 352 g/mol. The minimum absolute atomic E-state index is 0.195. The van der Waals surface area contributed by atoms with Gasteiger partial charge in [-0.2, -0.15) is 5.10 Å². The summed E-state index contributed by atoms with van der Waals surface area (Å²) >= 11 is 0. The number of rotatable bonds is 4. The molecule has 4 rings (SSSR count). The minimum atomic E-state index is 0.195. The third-order valence-corrected chi connectivity index (χ3v) is 6.41. The molecule has 2 aliphatic heterocycles. The lowest BCUT2D eigenvalue weighted by Crippen LogP contribution is -2.53. The second-order valence-electron chi connectivity index (χ2n) is 8.59. The van der Waals surface area contributed by atoms with Gasteiger partial charge in [0, 0.05) is 56.0 Å². The van der Waals surface area contributed by atoms with Crippen LogP contribution in [0.1, 0.15) is 48.3 Å². The van der Waals surface area contributed by atoms with E-state index in [2.05, 4.69) is 26.9 Å². The molecule has 2 fully saturated rings. The molecule has 4 heterocycles. The van der Waals surface area contributed by atoms with E-state index in [9.17, 15) is 4.79 Å². The predicted molar refractivity (Wildman–Crippen MR) is 106 cm³/mol. The van der Waals surface area contributed by atoms with E-state index in [1.165, 1.54) is 24.1 Å². The van der Waals surface area contributed by atoms with Gasteiger partial charge in [0.25, 0.3) is 0 Å². The highest BCUT2D eigenvalue weighted by molar-refractivity contribution is 5.77. The molecule has 2 aromatic heterocycles. The molecule has 7 nitrogen and oxygen atoms in total. The number of hydrogen-bond donors (Lipinski definition) is 0. The van der Waals surface area contributed by atoms with E-state index in [0.29, 0.717) is 13.0 Å². The van der Waals surface area contributed by atoms with Crippen molar-refractivity contribution in [1.29, 1.82) is 0 Å². The zero-order valence-electron chi connectivity index (χ0n) is 17.2. The van der Waals surface area contributed by atoms with Crippen LogP contribution in [0.15, 0.2) is 18.6 Å². The molecular formula is C21H30N6O. The van der Waals surface area contributed by atoms with Crippen LogP contribution in [-0.2, 0) is 24.9 Å². The monoisotopic (exact) mass is 382 g/mol. The Morgan fingerprint density at radius 3 is 2.64 bits per heavy atom. The fraction of sp³-hybridized carbons (Fsp3) is 0.619. The number of piperidine rings is 2. The Balaban J connectivity index is 1.44. The normalized spacial score (nSPS) is 23.5. The molecule has 2 aromatic rings. The third kappa shape index (κ3) is 3.94. The SMILES string of the molecule is Cc1cnc(CN2CC3(CCCN(Cc4cnn(C)c4C)C3)CCC2=O)cn1. The maximum atomic E-state index is 12.6. The van der Waals surface area contributed by atoms with Gasteiger partial charge in [-0.3, -0.25) is 24.3 Å². The molecule has 1 spiro atoms. The molecule has 2 aliphatic rings. The Morgan fingerprint density at radius 2 is 1.93 bits per heavy atom. The van der Waals surface area contributed by atoms with E-state index in [1.54, 1.807) is 12.4 Å². The van der Waals surface area contributed by atoms with Crippen LogP contribution in [0.3, 0.4) is 0 Å². The number of carbonyl (C=O) groups excluding carboxylic acids is 1. The predicted octanol–water partition coefficient (Wildman–Crippen LogP) is 2.23. The highest BCUT2D eigenvalue weighted by atomic mass is 16.2.